The number of hydrogen-bond acceptors (Lipinski definition) is 2. The van der Waals surface area contributed by atoms with Gasteiger partial charge in [0.15, 0.2) is 0 Å². The van der Waals surface area contributed by atoms with Crippen LogP contribution in [0.4, 0.5) is 0 Å². The van der Waals surface area contributed by atoms with E-state index in [1.807, 2.05) is 24.4 Å². The number of halogens is 2. The van der Waals surface area contributed by atoms with Crippen LogP contribution >= 0.6 is 23.2 Å². The fraction of sp³-hybridized carbons (Fsp3) is 0.308. The fourth-order valence-corrected chi connectivity index (χ4v) is 2.20. The summed E-state index contributed by atoms with van der Waals surface area (Å²) in [5.41, 5.74) is 1.13. The van der Waals surface area contributed by atoms with E-state index in [2.05, 4.69) is 22.2 Å². The molecule has 0 amide bonds. The standard InChI is InChI=1S/C13H15Cl2N3/c1-2-16-12(13-17-5-6-18-13)8-9-3-4-10(14)11(15)7-9/h3-7,12,16H,2,8H2,1H3,(H,17,18). The van der Waals surface area contributed by atoms with E-state index < -0.39 is 0 Å². The molecule has 0 saturated heterocycles. The Balaban J connectivity index is 2.16. The van der Waals surface area contributed by atoms with Crippen LogP contribution in [0, 0.1) is 0 Å². The molecule has 0 aliphatic heterocycles. The average Bonchev–Trinajstić information content (AvgIpc) is 2.87. The van der Waals surface area contributed by atoms with Crippen LogP contribution in [-0.4, -0.2) is 16.5 Å². The lowest BCUT2D eigenvalue weighted by atomic mass is 10.1. The van der Waals surface area contributed by atoms with Crippen LogP contribution in [-0.2, 0) is 6.42 Å². The van der Waals surface area contributed by atoms with Crippen molar-refractivity contribution in [1.82, 2.24) is 15.3 Å². The lowest BCUT2D eigenvalue weighted by Gasteiger charge is -2.16. The predicted octanol–water partition coefficient (Wildman–Crippen LogP) is 3.61. The van der Waals surface area contributed by atoms with Gasteiger partial charge in [-0.05, 0) is 30.7 Å². The third-order valence-corrected chi connectivity index (χ3v) is 3.46. The molecular formula is C13H15Cl2N3. The number of nitrogens with zero attached hydrogens (tertiary/aromatic N) is 1. The van der Waals surface area contributed by atoms with E-state index in [1.54, 1.807) is 6.20 Å². The monoisotopic (exact) mass is 283 g/mol. The molecule has 0 aliphatic carbocycles. The van der Waals surface area contributed by atoms with Crippen LogP contribution in [0.15, 0.2) is 30.6 Å². The second-order valence-corrected chi connectivity index (χ2v) is 4.85. The van der Waals surface area contributed by atoms with Gasteiger partial charge >= 0.3 is 0 Å². The van der Waals surface area contributed by atoms with Crippen molar-refractivity contribution in [3.8, 4) is 0 Å². The van der Waals surface area contributed by atoms with Crippen molar-refractivity contribution in [2.75, 3.05) is 6.54 Å². The van der Waals surface area contributed by atoms with Gasteiger partial charge in [-0.1, -0.05) is 36.2 Å². The maximum atomic E-state index is 6.02. The number of nitrogens with one attached hydrogen (secondary N) is 2. The molecule has 5 heteroatoms. The molecule has 0 radical (unpaired) electrons. The van der Waals surface area contributed by atoms with Gasteiger partial charge in [-0.3, -0.25) is 0 Å². The first-order valence-electron chi connectivity index (χ1n) is 5.87. The molecule has 96 valence electrons. The molecule has 1 aromatic heterocycles. The van der Waals surface area contributed by atoms with Gasteiger partial charge in [0.25, 0.3) is 0 Å². The van der Waals surface area contributed by atoms with Crippen LogP contribution < -0.4 is 5.32 Å². The quantitative estimate of drug-likeness (QED) is 0.880. The van der Waals surface area contributed by atoms with Crippen LogP contribution in [0.1, 0.15) is 24.4 Å². The van der Waals surface area contributed by atoms with Gasteiger partial charge in [0.2, 0.25) is 0 Å². The van der Waals surface area contributed by atoms with E-state index in [9.17, 15) is 0 Å². The van der Waals surface area contributed by atoms with E-state index in [0.29, 0.717) is 10.0 Å². The molecule has 0 saturated carbocycles. The van der Waals surface area contributed by atoms with E-state index in [0.717, 1.165) is 24.4 Å². The number of rotatable bonds is 5. The van der Waals surface area contributed by atoms with Gasteiger partial charge in [-0.25, -0.2) is 4.98 Å². The van der Waals surface area contributed by atoms with Crippen molar-refractivity contribution >= 4 is 23.2 Å². The minimum absolute atomic E-state index is 0.155. The molecule has 0 bridgehead atoms. The zero-order valence-electron chi connectivity index (χ0n) is 10.1. The van der Waals surface area contributed by atoms with E-state index in [1.165, 1.54) is 0 Å². The Hall–Kier alpha value is -1.03. The molecule has 1 unspecified atom stereocenters. The molecule has 2 N–H and O–H groups in total. The zero-order valence-corrected chi connectivity index (χ0v) is 11.6. The number of benzene rings is 1. The van der Waals surface area contributed by atoms with Gasteiger partial charge < -0.3 is 10.3 Å². The second-order valence-electron chi connectivity index (χ2n) is 4.04. The minimum atomic E-state index is 0.155. The average molecular weight is 284 g/mol. The third-order valence-electron chi connectivity index (χ3n) is 2.72. The molecule has 0 spiro atoms. The predicted molar refractivity (Wildman–Crippen MR) is 75.2 cm³/mol. The Labute approximate surface area is 117 Å². The largest absolute Gasteiger partial charge is 0.347 e. The summed E-state index contributed by atoms with van der Waals surface area (Å²) in [6.07, 6.45) is 4.40. The summed E-state index contributed by atoms with van der Waals surface area (Å²) in [7, 11) is 0. The normalized spacial score (nSPS) is 12.6. The first kappa shape index (κ1) is 13.4. The molecule has 2 aromatic rings. The van der Waals surface area contributed by atoms with Gasteiger partial charge in [0.1, 0.15) is 5.82 Å². The Morgan fingerprint density at radius 1 is 1.33 bits per heavy atom. The van der Waals surface area contributed by atoms with Crippen LogP contribution in [0.2, 0.25) is 10.0 Å². The van der Waals surface area contributed by atoms with Gasteiger partial charge in [-0.2, -0.15) is 0 Å². The number of aromatic amines is 1. The summed E-state index contributed by atoms with van der Waals surface area (Å²) in [6, 6.07) is 5.87. The first-order chi connectivity index (χ1) is 8.70. The summed E-state index contributed by atoms with van der Waals surface area (Å²) in [4.78, 5) is 7.43. The van der Waals surface area contributed by atoms with Gasteiger partial charge in [-0.15, -0.1) is 0 Å². The number of hydrogen-bond donors (Lipinski definition) is 2. The van der Waals surface area contributed by atoms with E-state index in [4.69, 9.17) is 23.2 Å². The van der Waals surface area contributed by atoms with Crippen molar-refractivity contribution in [3.63, 3.8) is 0 Å². The third kappa shape index (κ3) is 3.25. The maximum Gasteiger partial charge on any atom is 0.123 e. The molecular weight excluding hydrogens is 269 g/mol. The number of H-pyrrole nitrogens is 1. The molecule has 1 atom stereocenters. The van der Waals surface area contributed by atoms with Crippen molar-refractivity contribution in [2.24, 2.45) is 0 Å². The van der Waals surface area contributed by atoms with Crippen molar-refractivity contribution < 1.29 is 0 Å². The van der Waals surface area contributed by atoms with Crippen molar-refractivity contribution in [1.29, 1.82) is 0 Å². The lowest BCUT2D eigenvalue weighted by Crippen LogP contribution is -2.24. The van der Waals surface area contributed by atoms with Crippen molar-refractivity contribution in [2.45, 2.75) is 19.4 Å². The zero-order chi connectivity index (χ0) is 13.0. The highest BCUT2D eigenvalue weighted by atomic mass is 35.5. The SMILES string of the molecule is CCNC(Cc1ccc(Cl)c(Cl)c1)c1ncc[nH]1. The summed E-state index contributed by atoms with van der Waals surface area (Å²) in [5.74, 6) is 0.933. The Morgan fingerprint density at radius 3 is 2.78 bits per heavy atom. The first-order valence-corrected chi connectivity index (χ1v) is 6.63. The summed E-state index contributed by atoms with van der Waals surface area (Å²) < 4.78 is 0. The molecule has 0 fully saturated rings. The van der Waals surface area contributed by atoms with Gasteiger partial charge in [0.05, 0.1) is 16.1 Å². The lowest BCUT2D eigenvalue weighted by molar-refractivity contribution is 0.526. The van der Waals surface area contributed by atoms with Crippen LogP contribution in [0.5, 0.6) is 0 Å². The van der Waals surface area contributed by atoms with E-state index >= 15 is 0 Å². The summed E-state index contributed by atoms with van der Waals surface area (Å²) in [5, 5.41) is 4.57. The molecule has 18 heavy (non-hydrogen) atoms. The highest BCUT2D eigenvalue weighted by Crippen LogP contribution is 2.24. The van der Waals surface area contributed by atoms with Crippen LogP contribution in [0.25, 0.3) is 0 Å². The smallest absolute Gasteiger partial charge is 0.123 e. The molecule has 1 aromatic carbocycles. The summed E-state index contributed by atoms with van der Waals surface area (Å²) in [6.45, 7) is 2.96. The molecule has 1 heterocycles. The fourth-order valence-electron chi connectivity index (χ4n) is 1.88. The molecule has 0 aliphatic rings. The number of aromatic nitrogens is 2. The van der Waals surface area contributed by atoms with Gasteiger partial charge in [0, 0.05) is 12.4 Å². The Kier molecular flexibility index (Phi) is 4.64. The minimum Gasteiger partial charge on any atom is -0.347 e. The topological polar surface area (TPSA) is 40.7 Å². The summed E-state index contributed by atoms with van der Waals surface area (Å²) >= 11 is 11.9. The number of likely N-dealkylation sites (N-methyl/N-ethyl adjacent to an activating group) is 1. The highest BCUT2D eigenvalue weighted by Gasteiger charge is 2.13. The second kappa shape index (κ2) is 6.23. The molecule has 3 nitrogen and oxygen atoms in total. The Bertz CT molecular complexity index is 497. The highest BCUT2D eigenvalue weighted by molar-refractivity contribution is 6.42. The van der Waals surface area contributed by atoms with Crippen molar-refractivity contribution in [3.05, 3.63) is 52.0 Å². The van der Waals surface area contributed by atoms with Crippen LogP contribution in [0.3, 0.4) is 0 Å². The molecule has 2 rings (SSSR count). The Morgan fingerprint density at radius 2 is 2.17 bits per heavy atom. The van der Waals surface area contributed by atoms with E-state index in [-0.39, 0.29) is 6.04 Å². The number of imidazole rings is 1. The maximum absolute atomic E-state index is 6.02.